The highest BCUT2D eigenvalue weighted by Crippen LogP contribution is 2.18. The maximum absolute atomic E-state index is 4.49. The molecular formula is C12H25N3. The first-order valence-electron chi connectivity index (χ1n) is 6.25. The standard InChI is InChI=1S/C12H25N3/c1-5-7-12-14(9-11(3)4)10-13-15(12)8-6-2/h10-12H,5-9H2,1-4H3. The fraction of sp³-hybridized carbons (Fsp3) is 0.917. The van der Waals surface area contributed by atoms with Crippen molar-refractivity contribution in [1.29, 1.82) is 0 Å². The minimum atomic E-state index is 0.511. The van der Waals surface area contributed by atoms with E-state index in [1.807, 2.05) is 6.34 Å². The lowest BCUT2D eigenvalue weighted by Crippen LogP contribution is -2.41. The van der Waals surface area contributed by atoms with Gasteiger partial charge in [0.15, 0.2) is 0 Å². The van der Waals surface area contributed by atoms with Gasteiger partial charge < -0.3 is 4.90 Å². The fourth-order valence-electron chi connectivity index (χ4n) is 2.06. The van der Waals surface area contributed by atoms with E-state index < -0.39 is 0 Å². The Hall–Kier alpha value is -0.730. The van der Waals surface area contributed by atoms with Crippen LogP contribution in [0.3, 0.4) is 0 Å². The molecule has 0 aliphatic carbocycles. The number of hydrazone groups is 1. The van der Waals surface area contributed by atoms with Gasteiger partial charge in [-0.25, -0.2) is 0 Å². The lowest BCUT2D eigenvalue weighted by molar-refractivity contribution is 0.114. The molecule has 1 aliphatic rings. The van der Waals surface area contributed by atoms with Gasteiger partial charge in [-0.15, -0.1) is 0 Å². The van der Waals surface area contributed by atoms with Crippen LogP contribution in [-0.2, 0) is 0 Å². The van der Waals surface area contributed by atoms with E-state index in [-0.39, 0.29) is 0 Å². The SMILES string of the molecule is CCCC1N(CC(C)C)C=NN1CCC. The Morgan fingerprint density at radius 1 is 1.27 bits per heavy atom. The maximum Gasteiger partial charge on any atom is 0.119 e. The third kappa shape index (κ3) is 3.40. The van der Waals surface area contributed by atoms with Gasteiger partial charge in [0.1, 0.15) is 12.5 Å². The van der Waals surface area contributed by atoms with Crippen LogP contribution < -0.4 is 0 Å². The fourth-order valence-corrected chi connectivity index (χ4v) is 2.06. The number of rotatable bonds is 6. The average molecular weight is 211 g/mol. The summed E-state index contributed by atoms with van der Waals surface area (Å²) in [4.78, 5) is 2.39. The monoisotopic (exact) mass is 211 g/mol. The van der Waals surface area contributed by atoms with E-state index in [0.29, 0.717) is 12.1 Å². The van der Waals surface area contributed by atoms with Crippen molar-refractivity contribution in [3.63, 3.8) is 0 Å². The van der Waals surface area contributed by atoms with Crippen molar-refractivity contribution in [2.45, 2.75) is 53.1 Å². The first kappa shape index (κ1) is 12.3. The maximum atomic E-state index is 4.49. The zero-order chi connectivity index (χ0) is 11.3. The van der Waals surface area contributed by atoms with Gasteiger partial charge in [-0.3, -0.25) is 5.01 Å². The molecular weight excluding hydrogens is 186 g/mol. The van der Waals surface area contributed by atoms with E-state index in [2.05, 4.69) is 42.7 Å². The van der Waals surface area contributed by atoms with Gasteiger partial charge in [0.2, 0.25) is 0 Å². The Labute approximate surface area is 94.1 Å². The minimum absolute atomic E-state index is 0.511. The van der Waals surface area contributed by atoms with Crippen LogP contribution in [0.4, 0.5) is 0 Å². The number of nitrogens with zero attached hydrogens (tertiary/aromatic N) is 3. The molecule has 1 unspecified atom stereocenters. The van der Waals surface area contributed by atoms with E-state index in [9.17, 15) is 0 Å². The number of hydrogen-bond acceptors (Lipinski definition) is 3. The van der Waals surface area contributed by atoms with Crippen LogP contribution in [0.15, 0.2) is 5.10 Å². The smallest absolute Gasteiger partial charge is 0.119 e. The summed E-state index contributed by atoms with van der Waals surface area (Å²) in [5.41, 5.74) is 0. The molecule has 3 heteroatoms. The predicted octanol–water partition coefficient (Wildman–Crippen LogP) is 2.74. The van der Waals surface area contributed by atoms with Gasteiger partial charge in [-0.2, -0.15) is 5.10 Å². The van der Waals surface area contributed by atoms with Crippen LogP contribution >= 0.6 is 0 Å². The van der Waals surface area contributed by atoms with Crippen LogP contribution in [0.25, 0.3) is 0 Å². The molecule has 15 heavy (non-hydrogen) atoms. The highest BCUT2D eigenvalue weighted by atomic mass is 15.6. The molecule has 0 amide bonds. The minimum Gasteiger partial charge on any atom is -0.339 e. The molecule has 0 aromatic rings. The van der Waals surface area contributed by atoms with Crippen molar-refractivity contribution in [1.82, 2.24) is 9.91 Å². The second-order valence-electron chi connectivity index (χ2n) is 4.75. The Morgan fingerprint density at radius 2 is 2.00 bits per heavy atom. The van der Waals surface area contributed by atoms with Crippen LogP contribution in [0.2, 0.25) is 0 Å². The third-order valence-corrected chi connectivity index (χ3v) is 2.65. The lowest BCUT2D eigenvalue weighted by Gasteiger charge is -2.31. The van der Waals surface area contributed by atoms with Crippen LogP contribution in [0.1, 0.15) is 47.0 Å². The van der Waals surface area contributed by atoms with E-state index in [0.717, 1.165) is 13.1 Å². The van der Waals surface area contributed by atoms with E-state index in [4.69, 9.17) is 0 Å². The van der Waals surface area contributed by atoms with E-state index >= 15 is 0 Å². The Bertz CT molecular complexity index is 201. The molecule has 0 saturated carbocycles. The molecule has 1 heterocycles. The van der Waals surface area contributed by atoms with Gasteiger partial charge in [-0.1, -0.05) is 34.1 Å². The molecule has 0 aromatic carbocycles. The van der Waals surface area contributed by atoms with Crippen molar-refractivity contribution in [2.24, 2.45) is 11.0 Å². The van der Waals surface area contributed by atoms with Crippen molar-refractivity contribution in [3.8, 4) is 0 Å². The highest BCUT2D eigenvalue weighted by molar-refractivity contribution is 5.57. The zero-order valence-electron chi connectivity index (χ0n) is 10.6. The van der Waals surface area contributed by atoms with Crippen LogP contribution in [-0.4, -0.2) is 35.5 Å². The average Bonchev–Trinajstić information content (AvgIpc) is 2.51. The third-order valence-electron chi connectivity index (χ3n) is 2.65. The molecule has 1 aliphatic heterocycles. The summed E-state index contributed by atoms with van der Waals surface area (Å²) in [6.07, 6.45) is 6.15. The molecule has 1 atom stereocenters. The second-order valence-corrected chi connectivity index (χ2v) is 4.75. The van der Waals surface area contributed by atoms with Crippen molar-refractivity contribution < 1.29 is 0 Å². The normalized spacial score (nSPS) is 20.7. The lowest BCUT2D eigenvalue weighted by atomic mass is 10.2. The summed E-state index contributed by atoms with van der Waals surface area (Å²) < 4.78 is 0. The summed E-state index contributed by atoms with van der Waals surface area (Å²) >= 11 is 0. The first-order chi connectivity index (χ1) is 7.19. The van der Waals surface area contributed by atoms with Gasteiger partial charge in [-0.05, 0) is 18.8 Å². The molecule has 88 valence electrons. The summed E-state index contributed by atoms with van der Waals surface area (Å²) in [5, 5.41) is 6.74. The molecule has 0 spiro atoms. The summed E-state index contributed by atoms with van der Waals surface area (Å²) in [6, 6.07) is 0. The van der Waals surface area contributed by atoms with Gasteiger partial charge in [0.05, 0.1) is 0 Å². The molecule has 0 N–H and O–H groups in total. The Kier molecular flexibility index (Phi) is 4.92. The first-order valence-corrected chi connectivity index (χ1v) is 6.25. The highest BCUT2D eigenvalue weighted by Gasteiger charge is 2.26. The molecule has 0 radical (unpaired) electrons. The molecule has 0 aromatic heterocycles. The zero-order valence-corrected chi connectivity index (χ0v) is 10.6. The van der Waals surface area contributed by atoms with Crippen molar-refractivity contribution in [2.75, 3.05) is 13.1 Å². The summed E-state index contributed by atoms with van der Waals surface area (Å²) in [7, 11) is 0. The molecule has 0 saturated heterocycles. The van der Waals surface area contributed by atoms with Gasteiger partial charge in [0.25, 0.3) is 0 Å². The quantitative estimate of drug-likeness (QED) is 0.672. The largest absolute Gasteiger partial charge is 0.339 e. The number of hydrogen-bond donors (Lipinski definition) is 0. The Morgan fingerprint density at radius 3 is 2.53 bits per heavy atom. The van der Waals surface area contributed by atoms with Gasteiger partial charge in [0, 0.05) is 13.1 Å². The van der Waals surface area contributed by atoms with Gasteiger partial charge >= 0.3 is 0 Å². The molecule has 0 fully saturated rings. The van der Waals surface area contributed by atoms with Crippen molar-refractivity contribution >= 4 is 6.34 Å². The van der Waals surface area contributed by atoms with Crippen molar-refractivity contribution in [3.05, 3.63) is 0 Å². The second kappa shape index (κ2) is 5.99. The van der Waals surface area contributed by atoms with E-state index in [1.165, 1.54) is 19.3 Å². The summed E-state index contributed by atoms with van der Waals surface area (Å²) in [5.74, 6) is 0.706. The predicted molar refractivity (Wildman–Crippen MR) is 65.7 cm³/mol. The molecule has 1 rings (SSSR count). The topological polar surface area (TPSA) is 18.8 Å². The summed E-state index contributed by atoms with van der Waals surface area (Å²) in [6.45, 7) is 11.2. The van der Waals surface area contributed by atoms with Crippen LogP contribution in [0.5, 0.6) is 0 Å². The Balaban J connectivity index is 2.53. The molecule has 0 bridgehead atoms. The van der Waals surface area contributed by atoms with E-state index in [1.54, 1.807) is 0 Å². The van der Waals surface area contributed by atoms with Crippen LogP contribution in [0, 0.1) is 5.92 Å². The molecule has 3 nitrogen and oxygen atoms in total.